The summed E-state index contributed by atoms with van der Waals surface area (Å²) in [6, 6.07) is 12.6. The molecule has 31 heavy (non-hydrogen) atoms. The quantitative estimate of drug-likeness (QED) is 0.481. The van der Waals surface area contributed by atoms with Crippen molar-refractivity contribution in [1.29, 1.82) is 0 Å². The van der Waals surface area contributed by atoms with E-state index in [1.165, 1.54) is 12.1 Å². The summed E-state index contributed by atoms with van der Waals surface area (Å²) in [5.41, 5.74) is 0.555. The average molecular weight is 447 g/mol. The molecule has 0 saturated carbocycles. The van der Waals surface area contributed by atoms with Crippen molar-refractivity contribution in [3.05, 3.63) is 65.8 Å². The van der Waals surface area contributed by atoms with Gasteiger partial charge in [-0.3, -0.25) is 4.79 Å². The number of benzene rings is 2. The second kappa shape index (κ2) is 9.55. The summed E-state index contributed by atoms with van der Waals surface area (Å²) in [7, 11) is 0. The number of thioether (sulfide) groups is 1. The van der Waals surface area contributed by atoms with Crippen LogP contribution in [0.1, 0.15) is 29.1 Å². The second-order valence-corrected chi connectivity index (χ2v) is 8.36. The third-order valence-corrected chi connectivity index (χ3v) is 5.97. The van der Waals surface area contributed by atoms with Crippen LogP contribution < -0.4 is 0 Å². The van der Waals surface area contributed by atoms with Gasteiger partial charge in [0.15, 0.2) is 0 Å². The Labute approximate surface area is 181 Å². The molecule has 0 radical (unpaired) electrons. The number of rotatable bonds is 6. The molecule has 162 valence electrons. The molecule has 1 amide bonds. The highest BCUT2D eigenvalue weighted by molar-refractivity contribution is 7.99. The van der Waals surface area contributed by atoms with Crippen LogP contribution in [0.4, 0.5) is 13.2 Å². The van der Waals surface area contributed by atoms with E-state index in [1.54, 1.807) is 41.3 Å². The smallest absolute Gasteiger partial charge is 0.288 e. The van der Waals surface area contributed by atoms with E-state index in [0.717, 1.165) is 12.8 Å². The fourth-order valence-electron chi connectivity index (χ4n) is 3.77. The maximum atomic E-state index is 13.9. The number of nitrogens with zero attached hydrogens (tertiary/aromatic N) is 3. The second-order valence-electron chi connectivity index (χ2n) is 7.33. The molecular formula is C22H20F3N3O2S. The third kappa shape index (κ3) is 5.10. The maximum Gasteiger partial charge on any atom is 0.288 e. The fraction of sp³-hybridized carbons (Fsp3) is 0.318. The van der Waals surface area contributed by atoms with Gasteiger partial charge in [-0.15, -0.1) is 0 Å². The van der Waals surface area contributed by atoms with Crippen molar-refractivity contribution in [1.82, 2.24) is 15.0 Å². The first-order chi connectivity index (χ1) is 15.0. The first kappa shape index (κ1) is 21.4. The van der Waals surface area contributed by atoms with Crippen LogP contribution in [0, 0.1) is 11.7 Å². The van der Waals surface area contributed by atoms with Gasteiger partial charge in [-0.25, -0.2) is 4.39 Å². The van der Waals surface area contributed by atoms with Crippen molar-refractivity contribution >= 4 is 17.7 Å². The van der Waals surface area contributed by atoms with E-state index in [9.17, 15) is 18.0 Å². The van der Waals surface area contributed by atoms with Crippen LogP contribution in [0.3, 0.4) is 0 Å². The molecule has 3 aromatic rings. The van der Waals surface area contributed by atoms with Crippen LogP contribution in [0.5, 0.6) is 0 Å². The van der Waals surface area contributed by atoms with Crippen LogP contribution in [-0.4, -0.2) is 39.8 Å². The van der Waals surface area contributed by atoms with Gasteiger partial charge in [0.05, 0.1) is 11.1 Å². The molecule has 2 heterocycles. The van der Waals surface area contributed by atoms with E-state index >= 15 is 0 Å². The molecular weight excluding hydrogens is 427 g/mol. The lowest BCUT2D eigenvalue weighted by atomic mass is 9.94. The topological polar surface area (TPSA) is 59.2 Å². The van der Waals surface area contributed by atoms with Gasteiger partial charge in [0.1, 0.15) is 5.82 Å². The molecule has 1 saturated heterocycles. The van der Waals surface area contributed by atoms with Gasteiger partial charge >= 0.3 is 0 Å². The molecule has 0 spiro atoms. The summed E-state index contributed by atoms with van der Waals surface area (Å²) < 4.78 is 44.9. The minimum absolute atomic E-state index is 0.0848. The molecule has 4 rings (SSSR count). The summed E-state index contributed by atoms with van der Waals surface area (Å²) in [5, 5.41) is 3.87. The number of hydrogen-bond acceptors (Lipinski definition) is 5. The highest BCUT2D eigenvalue weighted by Gasteiger charge is 2.28. The van der Waals surface area contributed by atoms with Gasteiger partial charge in [0.2, 0.25) is 11.7 Å². The molecule has 1 atom stereocenters. The van der Waals surface area contributed by atoms with E-state index in [-0.39, 0.29) is 33.7 Å². The lowest BCUT2D eigenvalue weighted by Crippen LogP contribution is -2.40. The Kier molecular flexibility index (Phi) is 6.60. The predicted molar refractivity (Wildman–Crippen MR) is 110 cm³/mol. The van der Waals surface area contributed by atoms with Crippen molar-refractivity contribution in [2.24, 2.45) is 5.92 Å². The number of halogens is 3. The fourth-order valence-corrected chi connectivity index (χ4v) is 4.40. The van der Waals surface area contributed by atoms with Crippen LogP contribution in [0.25, 0.3) is 11.4 Å². The Morgan fingerprint density at radius 2 is 1.97 bits per heavy atom. The van der Waals surface area contributed by atoms with E-state index in [0.29, 0.717) is 37.2 Å². The summed E-state index contributed by atoms with van der Waals surface area (Å²) in [6.45, 7) is 1.03. The first-order valence-corrected chi connectivity index (χ1v) is 10.8. The van der Waals surface area contributed by atoms with Gasteiger partial charge in [-0.1, -0.05) is 41.2 Å². The molecule has 1 aliphatic rings. The lowest BCUT2D eigenvalue weighted by Gasteiger charge is -2.32. The first-order valence-electron chi connectivity index (χ1n) is 9.92. The number of alkyl halides is 2. The Morgan fingerprint density at radius 3 is 2.77 bits per heavy atom. The number of likely N-dealkylation sites (tertiary alicyclic amines) is 1. The SMILES string of the molecule is O=C(c1ccccc1SC(F)F)N1CCC[C@H](Cc2nc(-c3ccccc3F)no2)C1. The van der Waals surface area contributed by atoms with E-state index in [1.807, 2.05) is 0 Å². The van der Waals surface area contributed by atoms with Gasteiger partial charge in [0.25, 0.3) is 11.7 Å². The summed E-state index contributed by atoms with van der Waals surface area (Å²) >= 11 is 0.378. The normalized spacial score (nSPS) is 16.6. The van der Waals surface area contributed by atoms with Gasteiger partial charge in [0, 0.05) is 24.4 Å². The number of piperidine rings is 1. The van der Waals surface area contributed by atoms with Crippen molar-refractivity contribution in [3.63, 3.8) is 0 Å². The van der Waals surface area contributed by atoms with Crippen LogP contribution in [-0.2, 0) is 6.42 Å². The number of amides is 1. The number of carbonyl (C=O) groups excluding carboxylic acids is 1. The van der Waals surface area contributed by atoms with Gasteiger partial charge in [-0.2, -0.15) is 13.8 Å². The van der Waals surface area contributed by atoms with Gasteiger partial charge in [-0.05, 0) is 43.0 Å². The Bertz CT molecular complexity index is 1060. The van der Waals surface area contributed by atoms with E-state index in [2.05, 4.69) is 10.1 Å². The van der Waals surface area contributed by atoms with Crippen LogP contribution in [0.2, 0.25) is 0 Å². The van der Waals surface area contributed by atoms with Gasteiger partial charge < -0.3 is 9.42 Å². The molecule has 1 aromatic heterocycles. The zero-order valence-corrected chi connectivity index (χ0v) is 17.3. The van der Waals surface area contributed by atoms with E-state index < -0.39 is 11.6 Å². The molecule has 0 bridgehead atoms. The third-order valence-electron chi connectivity index (χ3n) is 5.19. The maximum absolute atomic E-state index is 13.9. The predicted octanol–water partition coefficient (Wildman–Crippen LogP) is 5.29. The molecule has 0 aliphatic carbocycles. The Hall–Kier alpha value is -2.81. The average Bonchev–Trinajstić information content (AvgIpc) is 3.22. The summed E-state index contributed by atoms with van der Waals surface area (Å²) in [6.07, 6.45) is 2.11. The number of carbonyl (C=O) groups is 1. The number of hydrogen-bond donors (Lipinski definition) is 0. The molecule has 1 fully saturated rings. The molecule has 0 unspecified atom stereocenters. The minimum Gasteiger partial charge on any atom is -0.339 e. The van der Waals surface area contributed by atoms with Crippen molar-refractivity contribution < 1.29 is 22.5 Å². The molecule has 2 aromatic carbocycles. The summed E-state index contributed by atoms with van der Waals surface area (Å²) in [4.78, 5) is 19.3. The molecule has 9 heteroatoms. The monoisotopic (exact) mass is 447 g/mol. The van der Waals surface area contributed by atoms with Crippen molar-refractivity contribution in [3.8, 4) is 11.4 Å². The summed E-state index contributed by atoms with van der Waals surface area (Å²) in [5.74, 6) is -2.62. The highest BCUT2D eigenvalue weighted by Crippen LogP contribution is 2.30. The Morgan fingerprint density at radius 1 is 1.19 bits per heavy atom. The highest BCUT2D eigenvalue weighted by atomic mass is 32.2. The molecule has 1 aliphatic heterocycles. The Balaban J connectivity index is 1.44. The number of aromatic nitrogens is 2. The molecule has 0 N–H and O–H groups in total. The molecule has 5 nitrogen and oxygen atoms in total. The lowest BCUT2D eigenvalue weighted by molar-refractivity contribution is 0.0664. The van der Waals surface area contributed by atoms with Crippen LogP contribution in [0.15, 0.2) is 57.9 Å². The minimum atomic E-state index is -2.59. The zero-order chi connectivity index (χ0) is 21.8. The van der Waals surface area contributed by atoms with Crippen molar-refractivity contribution in [2.75, 3.05) is 13.1 Å². The largest absolute Gasteiger partial charge is 0.339 e. The zero-order valence-electron chi connectivity index (χ0n) is 16.5. The van der Waals surface area contributed by atoms with E-state index in [4.69, 9.17) is 4.52 Å². The van der Waals surface area contributed by atoms with Crippen LogP contribution >= 0.6 is 11.8 Å². The van der Waals surface area contributed by atoms with Crippen molar-refractivity contribution in [2.45, 2.75) is 29.9 Å². The standard InChI is InChI=1S/C22H20F3N3O2S/c23-17-9-3-1-7-15(17)20-26-19(30-27-20)12-14-6-5-11-28(13-14)21(29)16-8-2-4-10-18(16)31-22(24)25/h1-4,7-10,14,22H,5-6,11-13H2/t14-/m1/s1.